The number of aromatic nitrogens is 1. The summed E-state index contributed by atoms with van der Waals surface area (Å²) in [7, 11) is -2.12. The topological polar surface area (TPSA) is 87.0 Å². The van der Waals surface area contributed by atoms with Crippen molar-refractivity contribution in [3.05, 3.63) is 46.1 Å². The van der Waals surface area contributed by atoms with Crippen molar-refractivity contribution in [2.45, 2.75) is 38.3 Å². The largest absolute Gasteiger partial charge is 0.360 e. The highest BCUT2D eigenvalue weighted by atomic mass is 35.5. The fraction of sp³-hybridized carbons (Fsp3) is 0.500. The molecule has 2 aromatic rings. The number of benzene rings is 1. The van der Waals surface area contributed by atoms with E-state index in [1.54, 1.807) is 33.9 Å². The number of piperazine rings is 1. The van der Waals surface area contributed by atoms with Gasteiger partial charge in [0.15, 0.2) is 5.76 Å². The fourth-order valence-electron chi connectivity index (χ4n) is 3.78. The first kappa shape index (κ1) is 23.6. The third-order valence-corrected chi connectivity index (χ3v) is 8.08. The summed E-state index contributed by atoms with van der Waals surface area (Å²) in [6, 6.07) is 3.92. The molecule has 1 aromatic carbocycles. The van der Waals surface area contributed by atoms with E-state index in [1.165, 1.54) is 21.3 Å². The Balaban J connectivity index is 1.63. The quantitative estimate of drug-likeness (QED) is 0.641. The molecule has 1 atom stereocenters. The van der Waals surface area contributed by atoms with Crippen LogP contribution in [0.2, 0.25) is 5.02 Å². The number of hydrogen-bond donors (Lipinski definition) is 0. The molecule has 1 unspecified atom stereocenters. The first-order valence-corrected chi connectivity index (χ1v) is 11.7. The predicted octanol–water partition coefficient (Wildman–Crippen LogP) is 2.44. The molecule has 11 heteroatoms. The zero-order valence-corrected chi connectivity index (χ0v) is 19.5. The molecule has 1 aliphatic heterocycles. The molecule has 1 amide bonds. The van der Waals surface area contributed by atoms with Gasteiger partial charge in [0.05, 0.1) is 6.04 Å². The van der Waals surface area contributed by atoms with Gasteiger partial charge >= 0.3 is 0 Å². The molecule has 8 nitrogen and oxygen atoms in total. The second-order valence-corrected chi connectivity index (χ2v) is 9.95. The minimum absolute atomic E-state index is 0.0507. The van der Waals surface area contributed by atoms with Crippen molar-refractivity contribution in [1.82, 2.24) is 19.3 Å². The summed E-state index contributed by atoms with van der Waals surface area (Å²) in [6.45, 7) is 6.25. The van der Waals surface area contributed by atoms with Gasteiger partial charge in [0.1, 0.15) is 16.4 Å². The number of sulfonamides is 1. The highest BCUT2D eigenvalue weighted by molar-refractivity contribution is 7.89. The lowest BCUT2D eigenvalue weighted by molar-refractivity contribution is -0.136. The molecule has 0 N–H and O–H groups in total. The Kier molecular flexibility index (Phi) is 7.04. The molecule has 31 heavy (non-hydrogen) atoms. The highest BCUT2D eigenvalue weighted by Gasteiger charge is 2.35. The van der Waals surface area contributed by atoms with Crippen molar-refractivity contribution >= 4 is 27.5 Å². The number of rotatable bonds is 6. The summed E-state index contributed by atoms with van der Waals surface area (Å²) in [5.41, 5.74) is 0.597. The van der Waals surface area contributed by atoms with Gasteiger partial charge in [-0.1, -0.05) is 22.8 Å². The molecule has 1 aliphatic rings. The second kappa shape index (κ2) is 9.23. The molecule has 0 spiro atoms. The Labute approximate surface area is 186 Å². The van der Waals surface area contributed by atoms with Crippen LogP contribution in [0.15, 0.2) is 27.6 Å². The number of carbonyl (C=O) groups excluding carboxylic acids is 1. The SMILES string of the molecule is Cc1noc(C)c1S(=O)(=O)N1CCN(C(C)C(=O)N(C)Cc2c(F)cccc2Cl)CC1. The first-order chi connectivity index (χ1) is 14.5. The average Bonchev–Trinajstić information content (AvgIpc) is 3.08. The van der Waals surface area contributed by atoms with E-state index in [-0.39, 0.29) is 46.8 Å². The highest BCUT2D eigenvalue weighted by Crippen LogP contribution is 2.25. The minimum Gasteiger partial charge on any atom is -0.360 e. The molecule has 1 aromatic heterocycles. The molecule has 0 radical (unpaired) electrons. The maximum atomic E-state index is 14.1. The first-order valence-electron chi connectivity index (χ1n) is 9.89. The van der Waals surface area contributed by atoms with Crippen LogP contribution < -0.4 is 0 Å². The van der Waals surface area contributed by atoms with Crippen LogP contribution in [0.4, 0.5) is 4.39 Å². The summed E-state index contributed by atoms with van der Waals surface area (Å²) in [4.78, 5) is 16.3. The zero-order chi connectivity index (χ0) is 22.9. The standard InChI is InChI=1S/C20H26ClFN4O4S/c1-13-19(15(3)30-23-13)31(28,29)26-10-8-25(9-11-26)14(2)20(27)24(4)12-16-17(21)6-5-7-18(16)22/h5-7,14H,8-12H2,1-4H3. The van der Waals surface area contributed by atoms with Gasteiger partial charge in [0.2, 0.25) is 15.9 Å². The minimum atomic E-state index is -3.72. The summed E-state index contributed by atoms with van der Waals surface area (Å²) in [5.74, 6) is -0.392. The van der Waals surface area contributed by atoms with E-state index in [0.29, 0.717) is 18.8 Å². The van der Waals surface area contributed by atoms with Crippen LogP contribution in [-0.4, -0.2) is 72.9 Å². The average molecular weight is 473 g/mol. The Hall–Kier alpha value is -2.01. The lowest BCUT2D eigenvalue weighted by Crippen LogP contribution is -2.55. The Bertz CT molecular complexity index is 1030. The molecule has 1 fully saturated rings. The van der Waals surface area contributed by atoms with Crippen molar-refractivity contribution in [3.8, 4) is 0 Å². The van der Waals surface area contributed by atoms with Gasteiger partial charge in [-0.3, -0.25) is 9.69 Å². The summed E-state index contributed by atoms with van der Waals surface area (Å²) < 4.78 is 46.4. The van der Waals surface area contributed by atoms with Gasteiger partial charge in [0.25, 0.3) is 0 Å². The number of aryl methyl sites for hydroxylation is 2. The monoisotopic (exact) mass is 472 g/mol. The van der Waals surface area contributed by atoms with E-state index in [4.69, 9.17) is 16.1 Å². The summed E-state index contributed by atoms with van der Waals surface area (Å²) in [6.07, 6.45) is 0. The molecule has 1 saturated heterocycles. The predicted molar refractivity (Wildman–Crippen MR) is 114 cm³/mol. The van der Waals surface area contributed by atoms with Crippen molar-refractivity contribution in [2.75, 3.05) is 33.2 Å². The summed E-state index contributed by atoms with van der Waals surface area (Å²) in [5, 5.41) is 4.00. The van der Waals surface area contributed by atoms with Gasteiger partial charge in [-0.15, -0.1) is 0 Å². The zero-order valence-electron chi connectivity index (χ0n) is 17.9. The van der Waals surface area contributed by atoms with Crippen LogP contribution in [-0.2, 0) is 21.4 Å². The molecule has 0 aliphatic carbocycles. The Morgan fingerprint density at radius 2 is 1.94 bits per heavy atom. The van der Waals surface area contributed by atoms with Crippen molar-refractivity contribution in [3.63, 3.8) is 0 Å². The normalized spacial score (nSPS) is 17.0. The third-order valence-electron chi connectivity index (χ3n) is 5.58. The maximum absolute atomic E-state index is 14.1. The maximum Gasteiger partial charge on any atom is 0.248 e. The lowest BCUT2D eigenvalue weighted by atomic mass is 10.1. The molecule has 3 rings (SSSR count). The molecule has 170 valence electrons. The van der Waals surface area contributed by atoms with E-state index in [2.05, 4.69) is 5.16 Å². The third kappa shape index (κ3) is 4.77. The molecular weight excluding hydrogens is 447 g/mol. The number of carbonyl (C=O) groups is 1. The van der Waals surface area contributed by atoms with E-state index in [9.17, 15) is 17.6 Å². The van der Waals surface area contributed by atoms with Crippen LogP contribution in [0.1, 0.15) is 23.9 Å². The van der Waals surface area contributed by atoms with Crippen molar-refractivity contribution in [1.29, 1.82) is 0 Å². The fourth-order valence-corrected chi connectivity index (χ4v) is 5.71. The number of hydrogen-bond acceptors (Lipinski definition) is 6. The van der Waals surface area contributed by atoms with Crippen LogP contribution in [0.3, 0.4) is 0 Å². The van der Waals surface area contributed by atoms with E-state index < -0.39 is 21.9 Å². The van der Waals surface area contributed by atoms with Crippen LogP contribution >= 0.6 is 11.6 Å². The van der Waals surface area contributed by atoms with E-state index in [1.807, 2.05) is 4.90 Å². The van der Waals surface area contributed by atoms with Gasteiger partial charge < -0.3 is 9.42 Å². The molecule has 0 bridgehead atoms. The Morgan fingerprint density at radius 3 is 2.48 bits per heavy atom. The molecular formula is C20H26ClFN4O4S. The van der Waals surface area contributed by atoms with Crippen molar-refractivity contribution < 1.29 is 22.1 Å². The molecule has 2 heterocycles. The van der Waals surface area contributed by atoms with Crippen molar-refractivity contribution in [2.24, 2.45) is 0 Å². The van der Waals surface area contributed by atoms with E-state index in [0.717, 1.165) is 0 Å². The number of amides is 1. The van der Waals surface area contributed by atoms with Crippen LogP contribution in [0, 0.1) is 19.7 Å². The second-order valence-electron chi connectivity index (χ2n) is 7.66. The number of likely N-dealkylation sites (N-methyl/N-ethyl adjacent to an activating group) is 1. The van der Waals surface area contributed by atoms with Gasteiger partial charge in [0, 0.05) is 50.4 Å². The van der Waals surface area contributed by atoms with Crippen LogP contribution in [0.25, 0.3) is 0 Å². The van der Waals surface area contributed by atoms with Gasteiger partial charge in [-0.2, -0.15) is 4.31 Å². The van der Waals surface area contributed by atoms with E-state index >= 15 is 0 Å². The van der Waals surface area contributed by atoms with Crippen LogP contribution in [0.5, 0.6) is 0 Å². The lowest BCUT2D eigenvalue weighted by Gasteiger charge is -2.37. The number of halogens is 2. The van der Waals surface area contributed by atoms with Gasteiger partial charge in [-0.05, 0) is 32.9 Å². The Morgan fingerprint density at radius 1 is 1.29 bits per heavy atom. The number of nitrogens with zero attached hydrogens (tertiary/aromatic N) is 4. The smallest absolute Gasteiger partial charge is 0.248 e. The molecule has 0 saturated carbocycles. The van der Waals surface area contributed by atoms with Gasteiger partial charge in [-0.25, -0.2) is 12.8 Å². The summed E-state index contributed by atoms with van der Waals surface area (Å²) >= 11 is 6.07.